The topological polar surface area (TPSA) is 69.4 Å². The van der Waals surface area contributed by atoms with Gasteiger partial charge in [-0.05, 0) is 24.1 Å². The maximum atomic E-state index is 5.47. The third-order valence-corrected chi connectivity index (χ3v) is 3.35. The van der Waals surface area contributed by atoms with Crippen LogP contribution in [0.1, 0.15) is 5.56 Å². The largest absolute Gasteiger partial charge is 0.496 e. The molecule has 1 aromatic heterocycles. The molecule has 6 nitrogen and oxygen atoms in total. The zero-order valence-corrected chi connectivity index (χ0v) is 11.3. The lowest BCUT2D eigenvalue weighted by Crippen LogP contribution is -2.42. The number of hydrogen-bond acceptors (Lipinski definition) is 6. The molecular weight excluding hydrogens is 258 g/mol. The van der Waals surface area contributed by atoms with Gasteiger partial charge in [0.15, 0.2) is 0 Å². The monoisotopic (exact) mass is 275 g/mol. The van der Waals surface area contributed by atoms with Crippen LogP contribution in [0.3, 0.4) is 0 Å². The average Bonchev–Trinajstić information content (AvgIpc) is 3.02. The van der Waals surface area contributed by atoms with Gasteiger partial charge in [0.2, 0.25) is 12.2 Å². The SMILES string of the molecule is COc1ccc(CC2COCCN2)cc1-c1ncon1. The molecule has 0 spiro atoms. The summed E-state index contributed by atoms with van der Waals surface area (Å²) in [5.41, 5.74) is 2.03. The second-order valence-electron chi connectivity index (χ2n) is 4.72. The van der Waals surface area contributed by atoms with Crippen molar-refractivity contribution in [2.75, 3.05) is 26.9 Å². The fourth-order valence-electron chi connectivity index (χ4n) is 2.38. The molecule has 1 unspecified atom stereocenters. The quantitative estimate of drug-likeness (QED) is 0.906. The molecule has 2 aromatic rings. The maximum absolute atomic E-state index is 5.47. The third-order valence-electron chi connectivity index (χ3n) is 3.35. The number of morpholine rings is 1. The van der Waals surface area contributed by atoms with E-state index in [1.165, 1.54) is 12.0 Å². The molecule has 1 N–H and O–H groups in total. The molecule has 1 aromatic carbocycles. The van der Waals surface area contributed by atoms with Gasteiger partial charge >= 0.3 is 0 Å². The first-order chi connectivity index (χ1) is 9.86. The molecule has 1 fully saturated rings. The molecule has 106 valence electrons. The summed E-state index contributed by atoms with van der Waals surface area (Å²) in [6, 6.07) is 6.37. The summed E-state index contributed by atoms with van der Waals surface area (Å²) < 4.78 is 15.6. The first-order valence-corrected chi connectivity index (χ1v) is 6.61. The van der Waals surface area contributed by atoms with Crippen molar-refractivity contribution in [3.63, 3.8) is 0 Å². The Hall–Kier alpha value is -1.92. The van der Waals surface area contributed by atoms with Gasteiger partial charge in [-0.3, -0.25) is 0 Å². The predicted molar refractivity (Wildman–Crippen MR) is 72.6 cm³/mol. The van der Waals surface area contributed by atoms with Crippen molar-refractivity contribution in [2.24, 2.45) is 0 Å². The highest BCUT2D eigenvalue weighted by Gasteiger charge is 2.16. The van der Waals surface area contributed by atoms with Crippen molar-refractivity contribution in [3.8, 4) is 17.1 Å². The van der Waals surface area contributed by atoms with E-state index in [4.69, 9.17) is 14.0 Å². The number of nitrogens with one attached hydrogen (secondary N) is 1. The Kier molecular flexibility index (Phi) is 3.94. The van der Waals surface area contributed by atoms with Crippen LogP contribution in [-0.4, -0.2) is 43.1 Å². The zero-order chi connectivity index (χ0) is 13.8. The number of rotatable bonds is 4. The molecule has 20 heavy (non-hydrogen) atoms. The lowest BCUT2D eigenvalue weighted by atomic mass is 10.0. The Morgan fingerprint density at radius 3 is 3.10 bits per heavy atom. The Bertz CT molecular complexity index is 551. The summed E-state index contributed by atoms with van der Waals surface area (Å²) in [6.07, 6.45) is 2.22. The van der Waals surface area contributed by atoms with Crippen LogP contribution in [0.4, 0.5) is 0 Å². The molecule has 0 radical (unpaired) electrons. The standard InChI is InChI=1S/C14H17N3O3/c1-18-13-3-2-10(6-11-8-19-5-4-15-11)7-12(13)14-16-9-20-17-14/h2-3,7,9,11,15H,4-6,8H2,1H3. The third kappa shape index (κ3) is 2.81. The number of benzene rings is 1. The van der Waals surface area contributed by atoms with E-state index in [0.29, 0.717) is 11.9 Å². The second-order valence-corrected chi connectivity index (χ2v) is 4.72. The minimum absolute atomic E-state index is 0.343. The average molecular weight is 275 g/mol. The highest BCUT2D eigenvalue weighted by Crippen LogP contribution is 2.28. The molecule has 3 rings (SSSR count). The van der Waals surface area contributed by atoms with Gasteiger partial charge in [-0.1, -0.05) is 11.2 Å². The van der Waals surface area contributed by atoms with Crippen LogP contribution < -0.4 is 10.1 Å². The lowest BCUT2D eigenvalue weighted by Gasteiger charge is -2.24. The number of methoxy groups -OCH3 is 1. The Morgan fingerprint density at radius 1 is 1.45 bits per heavy atom. The number of hydrogen-bond donors (Lipinski definition) is 1. The van der Waals surface area contributed by atoms with E-state index in [1.54, 1.807) is 7.11 Å². The Morgan fingerprint density at radius 2 is 2.40 bits per heavy atom. The molecule has 2 heterocycles. The first kappa shape index (κ1) is 13.1. The van der Waals surface area contributed by atoms with Gasteiger partial charge < -0.3 is 19.3 Å². The van der Waals surface area contributed by atoms with Gasteiger partial charge in [-0.2, -0.15) is 4.98 Å². The van der Waals surface area contributed by atoms with Crippen molar-refractivity contribution in [3.05, 3.63) is 30.2 Å². The maximum Gasteiger partial charge on any atom is 0.214 e. The van der Waals surface area contributed by atoms with Crippen LogP contribution >= 0.6 is 0 Å². The zero-order valence-electron chi connectivity index (χ0n) is 11.3. The van der Waals surface area contributed by atoms with Crippen molar-refractivity contribution >= 4 is 0 Å². The van der Waals surface area contributed by atoms with Gasteiger partial charge in [0.25, 0.3) is 0 Å². The summed E-state index contributed by atoms with van der Waals surface area (Å²) in [4.78, 5) is 4.08. The van der Waals surface area contributed by atoms with Crippen LogP contribution in [-0.2, 0) is 11.2 Å². The molecule has 0 aliphatic carbocycles. The van der Waals surface area contributed by atoms with Crippen molar-refractivity contribution < 1.29 is 14.0 Å². The highest BCUT2D eigenvalue weighted by atomic mass is 16.5. The van der Waals surface area contributed by atoms with E-state index >= 15 is 0 Å². The van der Waals surface area contributed by atoms with Crippen LogP contribution in [0.15, 0.2) is 29.1 Å². The second kappa shape index (κ2) is 6.02. The summed E-state index contributed by atoms with van der Waals surface area (Å²) in [6.45, 7) is 2.43. The van der Waals surface area contributed by atoms with Crippen molar-refractivity contribution in [2.45, 2.75) is 12.5 Å². The van der Waals surface area contributed by atoms with Crippen LogP contribution in [0.5, 0.6) is 5.75 Å². The summed E-state index contributed by atoms with van der Waals surface area (Å²) in [7, 11) is 1.63. The van der Waals surface area contributed by atoms with Crippen molar-refractivity contribution in [1.82, 2.24) is 15.5 Å². The summed E-state index contributed by atoms with van der Waals surface area (Å²) in [5.74, 6) is 1.28. The summed E-state index contributed by atoms with van der Waals surface area (Å²) in [5, 5.41) is 7.32. The predicted octanol–water partition coefficient (Wildman–Crippen LogP) is 1.28. The smallest absolute Gasteiger partial charge is 0.214 e. The molecule has 1 saturated heterocycles. The minimum Gasteiger partial charge on any atom is -0.496 e. The fourth-order valence-corrected chi connectivity index (χ4v) is 2.38. The Labute approximate surface area is 117 Å². The fraction of sp³-hybridized carbons (Fsp3) is 0.429. The van der Waals surface area contributed by atoms with Gasteiger partial charge in [0, 0.05) is 12.6 Å². The van der Waals surface area contributed by atoms with Gasteiger partial charge in [0.05, 0.1) is 25.9 Å². The normalized spacial score (nSPS) is 18.9. The molecule has 0 amide bonds. The molecule has 1 atom stereocenters. The minimum atomic E-state index is 0.343. The van der Waals surface area contributed by atoms with E-state index in [-0.39, 0.29) is 0 Å². The van der Waals surface area contributed by atoms with Crippen molar-refractivity contribution in [1.29, 1.82) is 0 Å². The van der Waals surface area contributed by atoms with E-state index < -0.39 is 0 Å². The lowest BCUT2D eigenvalue weighted by molar-refractivity contribution is 0.0770. The molecule has 1 aliphatic heterocycles. The van der Waals surface area contributed by atoms with Gasteiger partial charge in [0.1, 0.15) is 5.75 Å². The van der Waals surface area contributed by atoms with E-state index in [2.05, 4.69) is 21.5 Å². The highest BCUT2D eigenvalue weighted by molar-refractivity contribution is 5.64. The number of nitrogens with zero attached hydrogens (tertiary/aromatic N) is 2. The van der Waals surface area contributed by atoms with Crippen LogP contribution in [0.25, 0.3) is 11.4 Å². The number of ether oxygens (including phenoxy) is 2. The van der Waals surface area contributed by atoms with Crippen LogP contribution in [0.2, 0.25) is 0 Å². The van der Waals surface area contributed by atoms with Gasteiger partial charge in [-0.25, -0.2) is 0 Å². The summed E-state index contributed by atoms with van der Waals surface area (Å²) >= 11 is 0. The molecular formula is C14H17N3O3. The van der Waals surface area contributed by atoms with E-state index in [1.807, 2.05) is 12.1 Å². The molecule has 1 aliphatic rings. The first-order valence-electron chi connectivity index (χ1n) is 6.61. The molecule has 0 saturated carbocycles. The number of aromatic nitrogens is 2. The van der Waals surface area contributed by atoms with E-state index in [0.717, 1.165) is 37.5 Å². The molecule has 6 heteroatoms. The van der Waals surface area contributed by atoms with E-state index in [9.17, 15) is 0 Å². The molecule has 0 bridgehead atoms. The van der Waals surface area contributed by atoms with Gasteiger partial charge in [-0.15, -0.1) is 0 Å². The van der Waals surface area contributed by atoms with Crippen LogP contribution in [0, 0.1) is 0 Å². The Balaban J connectivity index is 1.83.